The molecule has 0 heterocycles. The first-order valence-corrected chi connectivity index (χ1v) is 6.02. The molecule has 1 N–H and O–H groups in total. The summed E-state index contributed by atoms with van der Waals surface area (Å²) in [5.41, 5.74) is 0.346. The van der Waals surface area contributed by atoms with Gasteiger partial charge in [0.1, 0.15) is 0 Å². The van der Waals surface area contributed by atoms with Crippen molar-refractivity contribution < 1.29 is 4.79 Å². The molecule has 0 unspecified atom stereocenters. The Morgan fingerprint density at radius 1 is 1.24 bits per heavy atom. The van der Waals surface area contributed by atoms with Crippen LogP contribution in [0.15, 0.2) is 30.4 Å². The maximum Gasteiger partial charge on any atom is 0.244 e. The smallest absolute Gasteiger partial charge is 0.244 e. The lowest BCUT2D eigenvalue weighted by Gasteiger charge is -2.26. The molecule has 1 amide bonds. The largest absolute Gasteiger partial charge is 0.344 e. The second-order valence-corrected chi connectivity index (χ2v) is 5.15. The van der Waals surface area contributed by atoms with Gasteiger partial charge < -0.3 is 5.32 Å². The van der Waals surface area contributed by atoms with Crippen LogP contribution in [0.4, 0.5) is 0 Å². The van der Waals surface area contributed by atoms with E-state index in [4.69, 9.17) is 23.2 Å². The maximum atomic E-state index is 11.5. The van der Waals surface area contributed by atoms with E-state index < -0.39 is 5.54 Å². The van der Waals surface area contributed by atoms with Crippen molar-refractivity contribution in [3.8, 4) is 0 Å². The van der Waals surface area contributed by atoms with Crippen molar-refractivity contribution in [1.82, 2.24) is 5.32 Å². The van der Waals surface area contributed by atoms with Crippen LogP contribution >= 0.6 is 23.2 Å². The van der Waals surface area contributed by atoms with Gasteiger partial charge in [-0.05, 0) is 50.6 Å². The number of amides is 1. The Morgan fingerprint density at radius 3 is 2.24 bits per heavy atom. The average molecular weight is 272 g/mol. The molecule has 1 aromatic rings. The van der Waals surface area contributed by atoms with E-state index in [0.717, 1.165) is 5.56 Å². The first kappa shape index (κ1) is 14.1. The van der Waals surface area contributed by atoms with Gasteiger partial charge in [-0.2, -0.15) is 0 Å². The minimum Gasteiger partial charge on any atom is -0.344 e. The topological polar surface area (TPSA) is 29.1 Å². The summed E-state index contributed by atoms with van der Waals surface area (Å²) in [5.74, 6) is -0.145. The van der Waals surface area contributed by atoms with Crippen LogP contribution in [0.3, 0.4) is 0 Å². The van der Waals surface area contributed by atoms with Gasteiger partial charge in [-0.1, -0.05) is 29.3 Å². The molecule has 0 aliphatic carbocycles. The van der Waals surface area contributed by atoms with Crippen molar-refractivity contribution in [2.75, 3.05) is 0 Å². The van der Waals surface area contributed by atoms with Crippen molar-refractivity contribution >= 4 is 29.1 Å². The lowest BCUT2D eigenvalue weighted by molar-refractivity contribution is -0.118. The van der Waals surface area contributed by atoms with E-state index in [1.807, 2.05) is 13.8 Å². The van der Waals surface area contributed by atoms with Gasteiger partial charge in [-0.15, -0.1) is 0 Å². The first-order chi connectivity index (χ1) is 7.85. The van der Waals surface area contributed by atoms with Crippen molar-refractivity contribution in [3.63, 3.8) is 0 Å². The second-order valence-electron chi connectivity index (χ2n) is 4.27. The number of hydrogen-bond acceptors (Lipinski definition) is 1. The second kappa shape index (κ2) is 5.56. The third kappa shape index (κ3) is 4.06. The van der Waals surface area contributed by atoms with Gasteiger partial charge in [-0.3, -0.25) is 4.79 Å². The summed E-state index contributed by atoms with van der Waals surface area (Å²) >= 11 is 11.9. The molecule has 1 aromatic carbocycles. The minimum absolute atomic E-state index is 0.145. The summed E-state index contributed by atoms with van der Waals surface area (Å²) in [6.07, 6.45) is 3.17. The molecule has 0 fully saturated rings. The molecular weight excluding hydrogens is 257 g/mol. The quantitative estimate of drug-likeness (QED) is 0.830. The Balaban J connectivity index is 2.99. The Morgan fingerprint density at radius 2 is 1.76 bits per heavy atom. The Hall–Kier alpha value is -0.990. The van der Waals surface area contributed by atoms with Gasteiger partial charge >= 0.3 is 0 Å². The molecule has 0 radical (unpaired) electrons. The number of halogens is 2. The highest BCUT2D eigenvalue weighted by molar-refractivity contribution is 6.34. The Labute approximate surface area is 112 Å². The molecule has 0 aliphatic heterocycles. The zero-order valence-corrected chi connectivity index (χ0v) is 11.6. The number of rotatable bonds is 3. The lowest BCUT2D eigenvalue weighted by Crippen LogP contribution is -2.40. The normalized spacial score (nSPS) is 11.8. The lowest BCUT2D eigenvalue weighted by atomic mass is 9.94. The fraction of sp³-hybridized carbons (Fsp3) is 0.308. The maximum absolute atomic E-state index is 11.5. The number of benzene rings is 1. The molecule has 17 heavy (non-hydrogen) atoms. The van der Waals surface area contributed by atoms with Crippen LogP contribution in [0.5, 0.6) is 0 Å². The van der Waals surface area contributed by atoms with E-state index in [-0.39, 0.29) is 5.91 Å². The van der Waals surface area contributed by atoms with E-state index in [1.165, 1.54) is 6.08 Å². The number of hydrogen-bond donors (Lipinski definition) is 1. The van der Waals surface area contributed by atoms with Gasteiger partial charge in [-0.25, -0.2) is 0 Å². The third-order valence-electron chi connectivity index (χ3n) is 2.34. The molecule has 0 saturated heterocycles. The van der Waals surface area contributed by atoms with Gasteiger partial charge in [0, 0.05) is 10.0 Å². The highest BCUT2D eigenvalue weighted by atomic mass is 35.5. The van der Waals surface area contributed by atoms with Gasteiger partial charge in [0.05, 0.1) is 5.54 Å². The van der Waals surface area contributed by atoms with Crippen molar-refractivity contribution in [2.24, 2.45) is 0 Å². The third-order valence-corrected chi connectivity index (χ3v) is 2.77. The predicted octanol–water partition coefficient (Wildman–Crippen LogP) is 3.92. The summed E-state index contributed by atoms with van der Waals surface area (Å²) in [4.78, 5) is 11.5. The zero-order valence-electron chi connectivity index (χ0n) is 10.1. The molecule has 0 bridgehead atoms. The summed E-state index contributed by atoms with van der Waals surface area (Å²) in [6, 6.07) is 5.25. The number of carbonyl (C=O) groups is 1. The predicted molar refractivity (Wildman–Crippen MR) is 72.4 cm³/mol. The number of carbonyl (C=O) groups excluding carboxylic acids is 1. The highest BCUT2D eigenvalue weighted by Crippen LogP contribution is 2.27. The molecule has 4 heteroatoms. The Kier molecular flexibility index (Phi) is 4.61. The molecular formula is C13H15Cl2NO. The van der Waals surface area contributed by atoms with Crippen LogP contribution in [0.25, 0.3) is 0 Å². The van der Waals surface area contributed by atoms with Crippen LogP contribution in [0.1, 0.15) is 26.3 Å². The summed E-state index contributed by atoms with van der Waals surface area (Å²) in [6.45, 7) is 5.59. The van der Waals surface area contributed by atoms with Gasteiger partial charge in [0.25, 0.3) is 0 Å². The molecule has 0 atom stereocenters. The van der Waals surface area contributed by atoms with Gasteiger partial charge in [0.15, 0.2) is 0 Å². The average Bonchev–Trinajstić information content (AvgIpc) is 2.15. The number of nitrogens with one attached hydrogen (secondary N) is 1. The van der Waals surface area contributed by atoms with E-state index in [1.54, 1.807) is 31.2 Å². The molecule has 2 nitrogen and oxygen atoms in total. The fourth-order valence-corrected chi connectivity index (χ4v) is 2.01. The van der Waals surface area contributed by atoms with E-state index in [2.05, 4.69) is 5.32 Å². The summed E-state index contributed by atoms with van der Waals surface area (Å²) in [7, 11) is 0. The van der Waals surface area contributed by atoms with Crippen LogP contribution in [0.2, 0.25) is 10.0 Å². The monoisotopic (exact) mass is 271 g/mol. The van der Waals surface area contributed by atoms with Crippen molar-refractivity contribution in [3.05, 3.63) is 46.0 Å². The Bertz CT molecular complexity index is 432. The minimum atomic E-state index is -0.523. The molecule has 92 valence electrons. The fourth-order valence-electron chi connectivity index (χ4n) is 1.49. The van der Waals surface area contributed by atoms with Crippen LogP contribution in [-0.4, -0.2) is 5.91 Å². The summed E-state index contributed by atoms with van der Waals surface area (Å²) in [5, 5.41) is 4.00. The van der Waals surface area contributed by atoms with Crippen molar-refractivity contribution in [1.29, 1.82) is 0 Å². The van der Waals surface area contributed by atoms with Crippen LogP contribution in [-0.2, 0) is 10.3 Å². The molecule has 0 saturated carbocycles. The highest BCUT2D eigenvalue weighted by Gasteiger charge is 2.22. The van der Waals surface area contributed by atoms with Crippen molar-refractivity contribution in [2.45, 2.75) is 26.3 Å². The molecule has 1 rings (SSSR count). The first-order valence-electron chi connectivity index (χ1n) is 5.26. The zero-order chi connectivity index (χ0) is 13.1. The van der Waals surface area contributed by atoms with E-state index in [0.29, 0.717) is 10.0 Å². The summed E-state index contributed by atoms with van der Waals surface area (Å²) < 4.78 is 0. The van der Waals surface area contributed by atoms with E-state index >= 15 is 0 Å². The SMILES string of the molecule is C/C=C/C(=O)NC(C)(C)c1cc(Cl)cc(Cl)c1. The molecule has 0 spiro atoms. The van der Waals surface area contributed by atoms with Crippen LogP contribution in [0, 0.1) is 0 Å². The molecule has 0 aromatic heterocycles. The van der Waals surface area contributed by atoms with Crippen LogP contribution < -0.4 is 5.32 Å². The standard InChI is InChI=1S/C13H15Cl2NO/c1-4-5-12(17)16-13(2,3)9-6-10(14)8-11(15)7-9/h4-8H,1-3H3,(H,16,17)/b5-4+. The van der Waals surface area contributed by atoms with Gasteiger partial charge in [0.2, 0.25) is 5.91 Å². The van der Waals surface area contributed by atoms with E-state index in [9.17, 15) is 4.79 Å². The number of allylic oxidation sites excluding steroid dienone is 1. The molecule has 0 aliphatic rings.